The summed E-state index contributed by atoms with van der Waals surface area (Å²) in [7, 11) is 0. The average molecular weight is 296 g/mol. The van der Waals surface area contributed by atoms with E-state index >= 15 is 0 Å². The molecule has 4 heteroatoms. The molecule has 0 heterocycles. The predicted octanol–water partition coefficient (Wildman–Crippen LogP) is 3.91. The first-order valence-corrected chi connectivity index (χ1v) is 7.57. The van der Waals surface area contributed by atoms with Gasteiger partial charge in [-0.05, 0) is 43.7 Å². The van der Waals surface area contributed by atoms with E-state index in [-0.39, 0.29) is 5.91 Å². The van der Waals surface area contributed by atoms with Crippen LogP contribution in [0.4, 0.5) is 5.69 Å². The van der Waals surface area contributed by atoms with E-state index in [0.717, 1.165) is 4.90 Å². The number of thioether (sulfide) groups is 1. The van der Waals surface area contributed by atoms with Gasteiger partial charge in [0, 0.05) is 10.6 Å². The lowest BCUT2D eigenvalue weighted by Crippen LogP contribution is -2.14. The fourth-order valence-corrected chi connectivity index (χ4v) is 2.79. The Kier molecular flexibility index (Phi) is 5.02. The van der Waals surface area contributed by atoms with Crippen LogP contribution in [0.25, 0.3) is 0 Å². The van der Waals surface area contributed by atoms with Gasteiger partial charge in [0.05, 0.1) is 17.4 Å². The van der Waals surface area contributed by atoms with Crippen LogP contribution in [0.2, 0.25) is 0 Å². The standard InChI is InChI=1S/C17H16N2OS/c1-12-6-7-13(2)16(8-12)21-11-17(20)19-15-5-3-4-14(9-15)10-18/h3-9H,11H2,1-2H3,(H,19,20). The molecule has 0 atom stereocenters. The quantitative estimate of drug-likeness (QED) is 0.870. The van der Waals surface area contributed by atoms with Gasteiger partial charge in [-0.25, -0.2) is 0 Å². The number of nitriles is 1. The Labute approximate surface area is 129 Å². The summed E-state index contributed by atoms with van der Waals surface area (Å²) in [6.45, 7) is 4.08. The highest BCUT2D eigenvalue weighted by Gasteiger charge is 2.06. The lowest BCUT2D eigenvalue weighted by Gasteiger charge is -2.08. The van der Waals surface area contributed by atoms with Crippen molar-refractivity contribution < 1.29 is 4.79 Å². The van der Waals surface area contributed by atoms with E-state index in [0.29, 0.717) is 17.0 Å². The largest absolute Gasteiger partial charge is 0.325 e. The van der Waals surface area contributed by atoms with Crippen LogP contribution < -0.4 is 5.32 Å². The van der Waals surface area contributed by atoms with Gasteiger partial charge in [-0.1, -0.05) is 23.8 Å². The SMILES string of the molecule is Cc1ccc(C)c(SCC(=O)Nc2cccc(C#N)c2)c1. The number of nitrogens with one attached hydrogen (secondary N) is 1. The Hall–Kier alpha value is -2.25. The first-order chi connectivity index (χ1) is 10.1. The molecule has 1 N–H and O–H groups in total. The molecule has 2 aromatic carbocycles. The maximum atomic E-state index is 12.0. The number of anilines is 1. The Morgan fingerprint density at radius 3 is 2.81 bits per heavy atom. The maximum Gasteiger partial charge on any atom is 0.234 e. The molecule has 0 saturated carbocycles. The monoisotopic (exact) mass is 296 g/mol. The van der Waals surface area contributed by atoms with Gasteiger partial charge in [0.2, 0.25) is 5.91 Å². The first-order valence-electron chi connectivity index (χ1n) is 6.58. The normalized spacial score (nSPS) is 9.95. The number of hydrogen-bond donors (Lipinski definition) is 1. The van der Waals surface area contributed by atoms with Gasteiger partial charge in [0.15, 0.2) is 0 Å². The third-order valence-corrected chi connectivity index (χ3v) is 4.14. The van der Waals surface area contributed by atoms with E-state index in [9.17, 15) is 4.79 Å². The van der Waals surface area contributed by atoms with Crippen LogP contribution in [-0.4, -0.2) is 11.7 Å². The van der Waals surface area contributed by atoms with Crippen LogP contribution in [-0.2, 0) is 4.79 Å². The van der Waals surface area contributed by atoms with E-state index in [1.54, 1.807) is 24.3 Å². The molecule has 0 fully saturated rings. The molecule has 106 valence electrons. The number of benzene rings is 2. The van der Waals surface area contributed by atoms with E-state index in [1.807, 2.05) is 13.8 Å². The van der Waals surface area contributed by atoms with Crippen LogP contribution in [0, 0.1) is 25.2 Å². The van der Waals surface area contributed by atoms with Crippen molar-refractivity contribution in [1.82, 2.24) is 0 Å². The summed E-state index contributed by atoms with van der Waals surface area (Å²) in [6, 6.07) is 15.2. The fraction of sp³-hybridized carbons (Fsp3) is 0.176. The van der Waals surface area contributed by atoms with E-state index in [2.05, 4.69) is 29.6 Å². The molecular formula is C17H16N2OS. The van der Waals surface area contributed by atoms with Crippen molar-refractivity contribution in [1.29, 1.82) is 5.26 Å². The molecule has 0 spiro atoms. The summed E-state index contributed by atoms with van der Waals surface area (Å²) in [5.74, 6) is 0.275. The number of hydrogen-bond acceptors (Lipinski definition) is 3. The zero-order valence-electron chi connectivity index (χ0n) is 12.0. The smallest absolute Gasteiger partial charge is 0.234 e. The molecule has 0 radical (unpaired) electrons. The molecule has 1 amide bonds. The second-order valence-electron chi connectivity index (χ2n) is 4.80. The summed E-state index contributed by atoms with van der Waals surface area (Å²) >= 11 is 1.52. The van der Waals surface area contributed by atoms with Gasteiger partial charge < -0.3 is 5.32 Å². The van der Waals surface area contributed by atoms with Crippen molar-refractivity contribution in [2.24, 2.45) is 0 Å². The maximum absolute atomic E-state index is 12.0. The van der Waals surface area contributed by atoms with Crippen LogP contribution in [0.15, 0.2) is 47.4 Å². The van der Waals surface area contributed by atoms with Crippen molar-refractivity contribution >= 4 is 23.4 Å². The molecular weight excluding hydrogens is 280 g/mol. The van der Waals surface area contributed by atoms with Gasteiger partial charge >= 0.3 is 0 Å². The minimum absolute atomic E-state index is 0.0732. The van der Waals surface area contributed by atoms with Crippen molar-refractivity contribution in [2.75, 3.05) is 11.1 Å². The van der Waals surface area contributed by atoms with Crippen LogP contribution >= 0.6 is 11.8 Å². The number of amides is 1. The van der Waals surface area contributed by atoms with Gasteiger partial charge in [0.25, 0.3) is 0 Å². The fourth-order valence-electron chi connectivity index (χ4n) is 1.87. The van der Waals surface area contributed by atoms with Gasteiger partial charge in [0.1, 0.15) is 0 Å². The summed E-state index contributed by atoms with van der Waals surface area (Å²) in [4.78, 5) is 13.1. The number of rotatable bonds is 4. The second kappa shape index (κ2) is 6.96. The molecule has 0 aromatic heterocycles. The van der Waals surface area contributed by atoms with Crippen LogP contribution in [0.5, 0.6) is 0 Å². The van der Waals surface area contributed by atoms with E-state index in [4.69, 9.17) is 5.26 Å². The zero-order chi connectivity index (χ0) is 15.2. The zero-order valence-corrected chi connectivity index (χ0v) is 12.8. The van der Waals surface area contributed by atoms with Crippen LogP contribution in [0.1, 0.15) is 16.7 Å². The Morgan fingerprint density at radius 1 is 1.24 bits per heavy atom. The molecule has 2 aromatic rings. The molecule has 0 aliphatic heterocycles. The summed E-state index contributed by atoms with van der Waals surface area (Å²) in [5, 5.41) is 11.6. The van der Waals surface area contributed by atoms with Gasteiger partial charge in [-0.15, -0.1) is 11.8 Å². The summed E-state index contributed by atoms with van der Waals surface area (Å²) in [5.41, 5.74) is 3.55. The second-order valence-corrected chi connectivity index (χ2v) is 5.82. The minimum Gasteiger partial charge on any atom is -0.325 e. The minimum atomic E-state index is -0.0732. The van der Waals surface area contributed by atoms with Crippen molar-refractivity contribution in [3.63, 3.8) is 0 Å². The lowest BCUT2D eigenvalue weighted by atomic mass is 10.2. The third kappa shape index (κ3) is 4.37. The Balaban J connectivity index is 1.96. The molecule has 3 nitrogen and oxygen atoms in total. The predicted molar refractivity (Wildman–Crippen MR) is 86.4 cm³/mol. The summed E-state index contributed by atoms with van der Waals surface area (Å²) in [6.07, 6.45) is 0. The molecule has 0 aliphatic rings. The van der Waals surface area contributed by atoms with Crippen molar-refractivity contribution in [3.8, 4) is 6.07 Å². The molecule has 0 unspecified atom stereocenters. The lowest BCUT2D eigenvalue weighted by molar-refractivity contribution is -0.113. The molecule has 0 aliphatic carbocycles. The van der Waals surface area contributed by atoms with Gasteiger partial charge in [-0.2, -0.15) is 5.26 Å². The number of carbonyl (C=O) groups is 1. The molecule has 2 rings (SSSR count). The van der Waals surface area contributed by atoms with E-state index in [1.165, 1.54) is 22.9 Å². The Morgan fingerprint density at radius 2 is 2.05 bits per heavy atom. The highest BCUT2D eigenvalue weighted by Crippen LogP contribution is 2.23. The van der Waals surface area contributed by atoms with E-state index < -0.39 is 0 Å². The Bertz CT molecular complexity index is 704. The summed E-state index contributed by atoms with van der Waals surface area (Å²) < 4.78 is 0. The van der Waals surface area contributed by atoms with Gasteiger partial charge in [-0.3, -0.25) is 4.79 Å². The number of aryl methyl sites for hydroxylation is 2. The third-order valence-electron chi connectivity index (χ3n) is 2.98. The molecule has 0 bridgehead atoms. The highest BCUT2D eigenvalue weighted by atomic mass is 32.2. The van der Waals surface area contributed by atoms with Crippen LogP contribution in [0.3, 0.4) is 0 Å². The highest BCUT2D eigenvalue weighted by molar-refractivity contribution is 8.00. The van der Waals surface area contributed by atoms with Crippen molar-refractivity contribution in [2.45, 2.75) is 18.7 Å². The first kappa shape index (κ1) is 15.1. The number of nitrogens with zero attached hydrogens (tertiary/aromatic N) is 1. The number of carbonyl (C=O) groups excluding carboxylic acids is 1. The molecule has 21 heavy (non-hydrogen) atoms. The van der Waals surface area contributed by atoms with Crippen molar-refractivity contribution in [3.05, 3.63) is 59.2 Å². The average Bonchev–Trinajstić information content (AvgIpc) is 2.48. The topological polar surface area (TPSA) is 52.9 Å². The molecule has 0 saturated heterocycles.